The van der Waals surface area contributed by atoms with Crippen LogP contribution >= 0.6 is 0 Å². The Morgan fingerprint density at radius 1 is 1.08 bits per heavy atom. The molecule has 2 unspecified atom stereocenters. The second-order valence-electron chi connectivity index (χ2n) is 2.73. The second kappa shape index (κ2) is 17.7. The number of hydrogen-bond acceptors (Lipinski definition) is 1. The van der Waals surface area contributed by atoms with E-state index in [-0.39, 0.29) is 0 Å². The highest BCUT2D eigenvalue weighted by molar-refractivity contribution is 4.65. The van der Waals surface area contributed by atoms with Gasteiger partial charge in [0.1, 0.15) is 0 Å². The zero-order valence-corrected chi connectivity index (χ0v) is 10.5. The van der Waals surface area contributed by atoms with Crippen molar-refractivity contribution in [1.29, 1.82) is 0 Å². The summed E-state index contributed by atoms with van der Waals surface area (Å²) in [6, 6.07) is 0.681. The average molecular weight is 187 g/mol. The third kappa shape index (κ3) is 14.5. The molecule has 0 aromatic heterocycles. The van der Waals surface area contributed by atoms with Gasteiger partial charge in [0.05, 0.1) is 0 Å². The lowest BCUT2D eigenvalue weighted by Crippen LogP contribution is -2.31. The standard InChI is InChI=1S/C8H19N.C2H6.C2H4/c1-5-7(3)8(4)9-6-2;2*1-2/h7-9H,5-6H2,1-4H3;1-2H3;1-2H2. The van der Waals surface area contributed by atoms with Crippen molar-refractivity contribution in [1.82, 2.24) is 5.32 Å². The van der Waals surface area contributed by atoms with Crippen molar-refractivity contribution >= 4 is 0 Å². The summed E-state index contributed by atoms with van der Waals surface area (Å²) in [5, 5.41) is 3.40. The van der Waals surface area contributed by atoms with Crippen LogP contribution in [0.2, 0.25) is 0 Å². The summed E-state index contributed by atoms with van der Waals surface area (Å²) in [7, 11) is 0. The molecule has 0 spiro atoms. The van der Waals surface area contributed by atoms with Crippen LogP contribution in [0.1, 0.15) is 48.0 Å². The molecule has 0 aromatic carbocycles. The summed E-state index contributed by atoms with van der Waals surface area (Å²) < 4.78 is 0. The van der Waals surface area contributed by atoms with E-state index in [2.05, 4.69) is 46.2 Å². The van der Waals surface area contributed by atoms with Gasteiger partial charge in [0.25, 0.3) is 0 Å². The molecule has 1 N–H and O–H groups in total. The molecule has 1 heteroatoms. The van der Waals surface area contributed by atoms with Crippen LogP contribution in [0.3, 0.4) is 0 Å². The van der Waals surface area contributed by atoms with E-state index in [0.717, 1.165) is 12.5 Å². The normalized spacial score (nSPS) is 12.8. The maximum absolute atomic E-state index is 3.40. The minimum atomic E-state index is 0.681. The van der Waals surface area contributed by atoms with Crippen LogP contribution in [0.4, 0.5) is 0 Å². The summed E-state index contributed by atoms with van der Waals surface area (Å²) in [5.41, 5.74) is 0. The van der Waals surface area contributed by atoms with Gasteiger partial charge >= 0.3 is 0 Å². The van der Waals surface area contributed by atoms with Gasteiger partial charge in [0.15, 0.2) is 0 Å². The molecule has 2 atom stereocenters. The zero-order valence-electron chi connectivity index (χ0n) is 10.5. The van der Waals surface area contributed by atoms with E-state index in [1.54, 1.807) is 0 Å². The smallest absolute Gasteiger partial charge is 0.00641 e. The minimum Gasteiger partial charge on any atom is -0.314 e. The Hall–Kier alpha value is -0.300. The van der Waals surface area contributed by atoms with Gasteiger partial charge < -0.3 is 5.32 Å². The van der Waals surface area contributed by atoms with Crippen molar-refractivity contribution in [3.8, 4) is 0 Å². The molecule has 0 saturated heterocycles. The van der Waals surface area contributed by atoms with Crippen LogP contribution in [0.15, 0.2) is 13.2 Å². The molecular weight excluding hydrogens is 158 g/mol. The molecule has 0 rings (SSSR count). The van der Waals surface area contributed by atoms with E-state index in [1.165, 1.54) is 6.42 Å². The lowest BCUT2D eigenvalue weighted by atomic mass is 10.0. The van der Waals surface area contributed by atoms with Crippen LogP contribution in [-0.4, -0.2) is 12.6 Å². The largest absolute Gasteiger partial charge is 0.314 e. The van der Waals surface area contributed by atoms with Gasteiger partial charge in [0.2, 0.25) is 0 Å². The highest BCUT2D eigenvalue weighted by atomic mass is 14.9. The topological polar surface area (TPSA) is 12.0 Å². The van der Waals surface area contributed by atoms with E-state index >= 15 is 0 Å². The van der Waals surface area contributed by atoms with Gasteiger partial charge in [-0.2, -0.15) is 0 Å². The third-order valence-corrected chi connectivity index (χ3v) is 2.02. The van der Waals surface area contributed by atoms with Gasteiger partial charge in [0, 0.05) is 6.04 Å². The fraction of sp³-hybridized carbons (Fsp3) is 0.833. The maximum atomic E-state index is 3.40. The first-order valence-electron chi connectivity index (χ1n) is 5.45. The zero-order chi connectivity index (χ0) is 11.3. The SMILES string of the molecule is C=C.CC.CCNC(C)C(C)CC. The van der Waals surface area contributed by atoms with Crippen LogP contribution < -0.4 is 5.32 Å². The Morgan fingerprint density at radius 2 is 1.46 bits per heavy atom. The number of nitrogens with one attached hydrogen (secondary N) is 1. The van der Waals surface area contributed by atoms with Crippen molar-refractivity contribution in [2.45, 2.75) is 54.0 Å². The van der Waals surface area contributed by atoms with Crippen molar-refractivity contribution in [2.75, 3.05) is 6.54 Å². The summed E-state index contributed by atoms with van der Waals surface area (Å²) in [6.45, 7) is 20.0. The molecule has 0 fully saturated rings. The minimum absolute atomic E-state index is 0.681. The van der Waals surface area contributed by atoms with E-state index in [0.29, 0.717) is 6.04 Å². The summed E-state index contributed by atoms with van der Waals surface area (Å²) in [6.07, 6.45) is 1.27. The molecule has 0 aliphatic rings. The predicted molar refractivity (Wildman–Crippen MR) is 65.2 cm³/mol. The molecule has 0 amide bonds. The lowest BCUT2D eigenvalue weighted by Gasteiger charge is -2.18. The summed E-state index contributed by atoms with van der Waals surface area (Å²) in [4.78, 5) is 0. The quantitative estimate of drug-likeness (QED) is 0.659. The van der Waals surface area contributed by atoms with Gasteiger partial charge in [-0.15, -0.1) is 13.2 Å². The van der Waals surface area contributed by atoms with E-state index < -0.39 is 0 Å². The van der Waals surface area contributed by atoms with Crippen molar-refractivity contribution in [2.24, 2.45) is 5.92 Å². The number of rotatable bonds is 4. The molecule has 0 aliphatic heterocycles. The second-order valence-corrected chi connectivity index (χ2v) is 2.73. The predicted octanol–water partition coefficient (Wildman–Crippen LogP) is 3.86. The van der Waals surface area contributed by atoms with Gasteiger partial charge in [-0.3, -0.25) is 0 Å². The Balaban J connectivity index is -0.000000218. The molecule has 13 heavy (non-hydrogen) atoms. The van der Waals surface area contributed by atoms with Gasteiger partial charge in [-0.1, -0.05) is 41.0 Å². The fourth-order valence-corrected chi connectivity index (χ4v) is 0.877. The highest BCUT2D eigenvalue weighted by Gasteiger charge is 2.06. The molecule has 0 aliphatic carbocycles. The fourth-order valence-electron chi connectivity index (χ4n) is 0.877. The van der Waals surface area contributed by atoms with Gasteiger partial charge in [-0.25, -0.2) is 0 Å². The molecule has 0 aromatic rings. The molecule has 1 nitrogen and oxygen atoms in total. The maximum Gasteiger partial charge on any atom is 0.00641 e. The average Bonchev–Trinajstić information content (AvgIpc) is 2.23. The first kappa shape index (κ1) is 18.5. The molecule has 82 valence electrons. The molecule has 0 heterocycles. The Morgan fingerprint density at radius 3 is 1.69 bits per heavy atom. The first-order chi connectivity index (χ1) is 6.22. The van der Waals surface area contributed by atoms with Crippen LogP contribution in [0.25, 0.3) is 0 Å². The molecule has 0 bridgehead atoms. The van der Waals surface area contributed by atoms with Crippen molar-refractivity contribution in [3.05, 3.63) is 13.2 Å². The third-order valence-electron chi connectivity index (χ3n) is 2.02. The van der Waals surface area contributed by atoms with Crippen LogP contribution in [-0.2, 0) is 0 Å². The van der Waals surface area contributed by atoms with Crippen LogP contribution in [0, 0.1) is 5.92 Å². The highest BCUT2D eigenvalue weighted by Crippen LogP contribution is 2.05. The Bertz CT molecular complexity index is 71.5. The van der Waals surface area contributed by atoms with Gasteiger partial charge in [-0.05, 0) is 19.4 Å². The van der Waals surface area contributed by atoms with E-state index in [4.69, 9.17) is 0 Å². The summed E-state index contributed by atoms with van der Waals surface area (Å²) >= 11 is 0. The summed E-state index contributed by atoms with van der Waals surface area (Å²) in [5.74, 6) is 0.810. The van der Waals surface area contributed by atoms with Crippen LogP contribution in [0.5, 0.6) is 0 Å². The Kier molecular flexibility index (Phi) is 25.2. The lowest BCUT2D eigenvalue weighted by molar-refractivity contribution is 0.398. The van der Waals surface area contributed by atoms with E-state index in [9.17, 15) is 0 Å². The molecule has 0 saturated carbocycles. The van der Waals surface area contributed by atoms with Crippen molar-refractivity contribution < 1.29 is 0 Å². The van der Waals surface area contributed by atoms with Crippen molar-refractivity contribution in [3.63, 3.8) is 0 Å². The number of hydrogen-bond donors (Lipinski definition) is 1. The molecule has 0 radical (unpaired) electrons. The first-order valence-corrected chi connectivity index (χ1v) is 5.45. The monoisotopic (exact) mass is 187 g/mol. The van der Waals surface area contributed by atoms with E-state index in [1.807, 2.05) is 13.8 Å². The Labute approximate surface area is 85.6 Å². The molecular formula is C12H29N.